The van der Waals surface area contributed by atoms with Gasteiger partial charge < -0.3 is 10.1 Å². The van der Waals surface area contributed by atoms with Gasteiger partial charge in [-0.05, 0) is 24.6 Å². The SMILES string of the molecule is Cl.Clc1ccccc1CO[C@@H]1CCNC1. The molecule has 0 aromatic heterocycles. The topological polar surface area (TPSA) is 21.3 Å². The Labute approximate surface area is 101 Å². The summed E-state index contributed by atoms with van der Waals surface area (Å²) in [4.78, 5) is 0. The number of hydrogen-bond donors (Lipinski definition) is 1. The molecular formula is C11H15Cl2NO. The van der Waals surface area contributed by atoms with Crippen LogP contribution in [0.1, 0.15) is 12.0 Å². The van der Waals surface area contributed by atoms with Gasteiger partial charge in [-0.15, -0.1) is 12.4 Å². The fourth-order valence-corrected chi connectivity index (χ4v) is 1.78. The maximum Gasteiger partial charge on any atom is 0.0735 e. The molecule has 2 nitrogen and oxygen atoms in total. The summed E-state index contributed by atoms with van der Waals surface area (Å²) in [6, 6.07) is 7.82. The van der Waals surface area contributed by atoms with Crippen molar-refractivity contribution >= 4 is 24.0 Å². The molecule has 1 saturated heterocycles. The molecule has 1 N–H and O–H groups in total. The lowest BCUT2D eigenvalue weighted by atomic mass is 10.2. The van der Waals surface area contributed by atoms with Gasteiger partial charge in [-0.3, -0.25) is 0 Å². The molecule has 0 aliphatic carbocycles. The number of nitrogens with one attached hydrogen (secondary N) is 1. The summed E-state index contributed by atoms with van der Waals surface area (Å²) in [5.74, 6) is 0. The average Bonchev–Trinajstić information content (AvgIpc) is 2.69. The molecule has 1 heterocycles. The van der Waals surface area contributed by atoms with Crippen LogP contribution in [0.15, 0.2) is 24.3 Å². The summed E-state index contributed by atoms with van der Waals surface area (Å²) in [6.07, 6.45) is 1.45. The van der Waals surface area contributed by atoms with E-state index in [1.165, 1.54) is 0 Å². The Hall–Kier alpha value is -0.280. The van der Waals surface area contributed by atoms with Gasteiger partial charge in [0.15, 0.2) is 0 Å². The van der Waals surface area contributed by atoms with Crippen LogP contribution in [0.4, 0.5) is 0 Å². The van der Waals surface area contributed by atoms with Crippen molar-refractivity contribution in [3.05, 3.63) is 34.9 Å². The van der Waals surface area contributed by atoms with Crippen molar-refractivity contribution in [1.29, 1.82) is 0 Å². The van der Waals surface area contributed by atoms with Crippen LogP contribution in [0.5, 0.6) is 0 Å². The highest BCUT2D eigenvalue weighted by atomic mass is 35.5. The smallest absolute Gasteiger partial charge is 0.0735 e. The summed E-state index contributed by atoms with van der Waals surface area (Å²) in [5, 5.41) is 4.06. The largest absolute Gasteiger partial charge is 0.372 e. The molecule has 2 rings (SSSR count). The van der Waals surface area contributed by atoms with Gasteiger partial charge in [0, 0.05) is 11.6 Å². The minimum Gasteiger partial charge on any atom is -0.372 e. The van der Waals surface area contributed by atoms with Crippen molar-refractivity contribution in [2.75, 3.05) is 13.1 Å². The quantitative estimate of drug-likeness (QED) is 0.887. The van der Waals surface area contributed by atoms with E-state index in [4.69, 9.17) is 16.3 Å². The van der Waals surface area contributed by atoms with E-state index in [1.54, 1.807) is 0 Å². The predicted molar refractivity (Wildman–Crippen MR) is 64.8 cm³/mol. The van der Waals surface area contributed by atoms with Crippen molar-refractivity contribution in [2.45, 2.75) is 19.1 Å². The third-order valence-corrected chi connectivity index (χ3v) is 2.82. The highest BCUT2D eigenvalue weighted by molar-refractivity contribution is 6.31. The molecule has 0 unspecified atom stereocenters. The van der Waals surface area contributed by atoms with Crippen LogP contribution in [0.2, 0.25) is 5.02 Å². The molecular weight excluding hydrogens is 233 g/mol. The van der Waals surface area contributed by atoms with E-state index in [9.17, 15) is 0 Å². The highest BCUT2D eigenvalue weighted by Gasteiger charge is 2.14. The molecule has 1 aromatic carbocycles. The molecule has 1 aromatic rings. The minimum atomic E-state index is 0. The lowest BCUT2D eigenvalue weighted by molar-refractivity contribution is 0.0543. The van der Waals surface area contributed by atoms with Crippen molar-refractivity contribution in [3.63, 3.8) is 0 Å². The lowest BCUT2D eigenvalue weighted by Crippen LogP contribution is -2.16. The Morgan fingerprint density at radius 1 is 1.40 bits per heavy atom. The van der Waals surface area contributed by atoms with Crippen molar-refractivity contribution in [1.82, 2.24) is 5.32 Å². The Kier molecular flexibility index (Phi) is 5.40. The zero-order valence-corrected chi connectivity index (χ0v) is 9.98. The van der Waals surface area contributed by atoms with Crippen molar-refractivity contribution < 1.29 is 4.74 Å². The predicted octanol–water partition coefficient (Wildman–Crippen LogP) is 2.64. The van der Waals surface area contributed by atoms with Crippen LogP contribution in [0.3, 0.4) is 0 Å². The van der Waals surface area contributed by atoms with E-state index in [1.807, 2.05) is 24.3 Å². The van der Waals surface area contributed by atoms with Crippen molar-refractivity contribution in [3.8, 4) is 0 Å². The molecule has 1 aliphatic heterocycles. The number of halogens is 2. The second-order valence-corrected chi connectivity index (χ2v) is 3.92. The number of ether oxygens (including phenoxy) is 1. The molecule has 0 spiro atoms. The Morgan fingerprint density at radius 3 is 2.87 bits per heavy atom. The maximum atomic E-state index is 6.01. The van der Waals surface area contributed by atoms with Crippen LogP contribution in [-0.2, 0) is 11.3 Å². The monoisotopic (exact) mass is 247 g/mol. The van der Waals surface area contributed by atoms with E-state index in [0.717, 1.165) is 30.1 Å². The van der Waals surface area contributed by atoms with Crippen LogP contribution in [0, 0.1) is 0 Å². The first-order valence-electron chi connectivity index (χ1n) is 4.92. The zero-order chi connectivity index (χ0) is 9.80. The number of rotatable bonds is 3. The van der Waals surface area contributed by atoms with Crippen LogP contribution >= 0.6 is 24.0 Å². The number of hydrogen-bond acceptors (Lipinski definition) is 2. The van der Waals surface area contributed by atoms with Crippen LogP contribution < -0.4 is 5.32 Å². The summed E-state index contributed by atoms with van der Waals surface area (Å²) in [6.45, 7) is 2.64. The van der Waals surface area contributed by atoms with E-state index in [0.29, 0.717) is 12.7 Å². The molecule has 1 atom stereocenters. The van der Waals surface area contributed by atoms with Gasteiger partial charge in [-0.1, -0.05) is 29.8 Å². The summed E-state index contributed by atoms with van der Waals surface area (Å²) < 4.78 is 5.72. The maximum absolute atomic E-state index is 6.01. The molecule has 0 amide bonds. The van der Waals surface area contributed by atoms with Gasteiger partial charge >= 0.3 is 0 Å². The second-order valence-electron chi connectivity index (χ2n) is 3.52. The standard InChI is InChI=1S/C11H14ClNO.ClH/c12-11-4-2-1-3-9(11)8-14-10-5-6-13-7-10;/h1-4,10,13H,5-8H2;1H/t10-;/m1./s1. The molecule has 0 bridgehead atoms. The molecule has 0 saturated carbocycles. The third-order valence-electron chi connectivity index (χ3n) is 2.45. The molecule has 1 fully saturated rings. The second kappa shape index (κ2) is 6.33. The Morgan fingerprint density at radius 2 is 2.20 bits per heavy atom. The molecule has 0 radical (unpaired) electrons. The first-order chi connectivity index (χ1) is 6.86. The van der Waals surface area contributed by atoms with E-state index in [2.05, 4.69) is 5.32 Å². The summed E-state index contributed by atoms with van der Waals surface area (Å²) >= 11 is 6.01. The van der Waals surface area contributed by atoms with Crippen LogP contribution in [-0.4, -0.2) is 19.2 Å². The van der Waals surface area contributed by atoms with E-state index in [-0.39, 0.29) is 12.4 Å². The van der Waals surface area contributed by atoms with Gasteiger partial charge in [0.1, 0.15) is 0 Å². The first kappa shape index (κ1) is 12.8. The fourth-order valence-electron chi connectivity index (χ4n) is 1.59. The molecule has 15 heavy (non-hydrogen) atoms. The van der Waals surface area contributed by atoms with Gasteiger partial charge in [0.05, 0.1) is 12.7 Å². The third kappa shape index (κ3) is 3.65. The van der Waals surface area contributed by atoms with Crippen molar-refractivity contribution in [2.24, 2.45) is 0 Å². The van der Waals surface area contributed by atoms with E-state index < -0.39 is 0 Å². The highest BCUT2D eigenvalue weighted by Crippen LogP contribution is 2.17. The van der Waals surface area contributed by atoms with Crippen LogP contribution in [0.25, 0.3) is 0 Å². The Bertz CT molecular complexity index is 300. The van der Waals surface area contributed by atoms with Gasteiger partial charge in [-0.2, -0.15) is 0 Å². The van der Waals surface area contributed by atoms with Gasteiger partial charge in [0.25, 0.3) is 0 Å². The molecule has 1 aliphatic rings. The minimum absolute atomic E-state index is 0. The summed E-state index contributed by atoms with van der Waals surface area (Å²) in [5.41, 5.74) is 1.07. The number of benzene rings is 1. The van der Waals surface area contributed by atoms with Gasteiger partial charge in [0.2, 0.25) is 0 Å². The average molecular weight is 248 g/mol. The zero-order valence-electron chi connectivity index (χ0n) is 8.41. The lowest BCUT2D eigenvalue weighted by Gasteiger charge is -2.11. The normalized spacial score (nSPS) is 19.9. The molecule has 84 valence electrons. The van der Waals surface area contributed by atoms with Gasteiger partial charge in [-0.25, -0.2) is 0 Å². The molecule has 4 heteroatoms. The first-order valence-corrected chi connectivity index (χ1v) is 5.30. The Balaban J connectivity index is 0.00000112. The summed E-state index contributed by atoms with van der Waals surface area (Å²) in [7, 11) is 0. The van der Waals surface area contributed by atoms with E-state index >= 15 is 0 Å². The fraction of sp³-hybridized carbons (Fsp3) is 0.455.